The van der Waals surface area contributed by atoms with E-state index in [-0.39, 0.29) is 11.7 Å². The molecule has 0 fully saturated rings. The van der Waals surface area contributed by atoms with E-state index < -0.39 is 6.10 Å². The topological polar surface area (TPSA) is 20.2 Å². The zero-order chi connectivity index (χ0) is 14.8. The molecule has 3 heteroatoms. The summed E-state index contributed by atoms with van der Waals surface area (Å²) in [4.78, 5) is 0. The molecule has 2 aromatic rings. The molecule has 1 aliphatic rings. The Morgan fingerprint density at radius 2 is 2.05 bits per heavy atom. The lowest BCUT2D eigenvalue weighted by molar-refractivity contribution is 0.134. The normalized spacial score (nSPS) is 19.1. The van der Waals surface area contributed by atoms with Crippen molar-refractivity contribution in [2.45, 2.75) is 37.7 Å². The fourth-order valence-electron chi connectivity index (χ4n) is 3.26. The van der Waals surface area contributed by atoms with Crippen LogP contribution in [0.25, 0.3) is 0 Å². The van der Waals surface area contributed by atoms with Gasteiger partial charge in [0, 0.05) is 16.8 Å². The van der Waals surface area contributed by atoms with Crippen molar-refractivity contribution in [2.75, 3.05) is 0 Å². The first-order valence-corrected chi connectivity index (χ1v) is 8.14. The lowest BCUT2D eigenvalue weighted by Gasteiger charge is -2.29. The van der Waals surface area contributed by atoms with E-state index in [1.54, 1.807) is 6.07 Å². The molecule has 21 heavy (non-hydrogen) atoms. The maximum Gasteiger partial charge on any atom is 0.123 e. The number of rotatable bonds is 3. The predicted molar refractivity (Wildman–Crippen MR) is 85.9 cm³/mol. The predicted octanol–water partition coefficient (Wildman–Crippen LogP) is 4.61. The second kappa shape index (κ2) is 6.29. The molecular weight excluding hydrogens is 331 g/mol. The van der Waals surface area contributed by atoms with Gasteiger partial charge in [0.25, 0.3) is 0 Å². The number of hydrogen-bond acceptors (Lipinski definition) is 1. The minimum Gasteiger partial charge on any atom is -0.392 e. The first-order valence-electron chi connectivity index (χ1n) is 7.35. The number of hydrogen-bond donors (Lipinski definition) is 1. The smallest absolute Gasteiger partial charge is 0.123 e. The highest BCUT2D eigenvalue weighted by atomic mass is 79.9. The Morgan fingerprint density at radius 1 is 1.24 bits per heavy atom. The third-order valence-corrected chi connectivity index (χ3v) is 5.09. The maximum absolute atomic E-state index is 13.4. The quantitative estimate of drug-likeness (QED) is 0.858. The standard InChI is InChI=1S/C18H18BrFO/c19-17-9-8-14(20)10-13(17)11-18(21)16-7-3-5-12-4-1-2-6-15(12)16/h1-2,4,6,8-10,16,18,21H,3,5,7,11H2. The molecule has 2 unspecified atom stereocenters. The lowest BCUT2D eigenvalue weighted by atomic mass is 9.78. The lowest BCUT2D eigenvalue weighted by Crippen LogP contribution is -2.25. The van der Waals surface area contributed by atoms with Gasteiger partial charge >= 0.3 is 0 Å². The Kier molecular flexibility index (Phi) is 4.41. The third-order valence-electron chi connectivity index (χ3n) is 4.32. The summed E-state index contributed by atoms with van der Waals surface area (Å²) in [5.74, 6) is -0.116. The largest absolute Gasteiger partial charge is 0.392 e. The molecule has 0 heterocycles. The molecule has 0 saturated carbocycles. The van der Waals surface area contributed by atoms with Gasteiger partial charge in [0.2, 0.25) is 0 Å². The summed E-state index contributed by atoms with van der Waals surface area (Å²) in [5, 5.41) is 10.6. The minimum absolute atomic E-state index is 0.144. The Labute approximate surface area is 132 Å². The SMILES string of the molecule is OC(Cc1cc(F)ccc1Br)C1CCCc2ccccc21. The molecule has 1 N–H and O–H groups in total. The van der Waals surface area contributed by atoms with E-state index in [0.717, 1.165) is 29.3 Å². The monoisotopic (exact) mass is 348 g/mol. The first kappa shape index (κ1) is 14.7. The Bertz CT molecular complexity index is 641. The van der Waals surface area contributed by atoms with E-state index in [1.807, 2.05) is 6.07 Å². The van der Waals surface area contributed by atoms with Gasteiger partial charge in [-0.05, 0) is 54.2 Å². The number of aliphatic hydroxyl groups is 1. The summed E-state index contributed by atoms with van der Waals surface area (Å²) in [6.45, 7) is 0. The van der Waals surface area contributed by atoms with Crippen LogP contribution >= 0.6 is 15.9 Å². The van der Waals surface area contributed by atoms with Crippen LogP contribution in [-0.2, 0) is 12.8 Å². The minimum atomic E-state index is -0.482. The zero-order valence-corrected chi connectivity index (χ0v) is 13.3. The fourth-order valence-corrected chi connectivity index (χ4v) is 3.67. The molecule has 0 bridgehead atoms. The van der Waals surface area contributed by atoms with Crippen LogP contribution < -0.4 is 0 Å². The van der Waals surface area contributed by atoms with Gasteiger partial charge in [-0.25, -0.2) is 4.39 Å². The first-order chi connectivity index (χ1) is 10.1. The van der Waals surface area contributed by atoms with Crippen molar-refractivity contribution in [3.8, 4) is 0 Å². The average molecular weight is 349 g/mol. The van der Waals surface area contributed by atoms with Crippen molar-refractivity contribution >= 4 is 15.9 Å². The van der Waals surface area contributed by atoms with Crippen LogP contribution in [0.4, 0.5) is 4.39 Å². The Hall–Kier alpha value is -1.19. The summed E-state index contributed by atoms with van der Waals surface area (Å²) < 4.78 is 14.2. The zero-order valence-electron chi connectivity index (χ0n) is 11.7. The van der Waals surface area contributed by atoms with Crippen molar-refractivity contribution < 1.29 is 9.50 Å². The van der Waals surface area contributed by atoms with Crippen LogP contribution in [0.3, 0.4) is 0 Å². The molecule has 1 nitrogen and oxygen atoms in total. The van der Waals surface area contributed by atoms with Crippen molar-refractivity contribution in [1.29, 1.82) is 0 Å². The van der Waals surface area contributed by atoms with E-state index in [2.05, 4.69) is 34.1 Å². The highest BCUT2D eigenvalue weighted by molar-refractivity contribution is 9.10. The molecule has 2 atom stereocenters. The molecule has 0 aromatic heterocycles. The number of benzene rings is 2. The molecule has 1 aliphatic carbocycles. The highest BCUT2D eigenvalue weighted by Gasteiger charge is 2.26. The van der Waals surface area contributed by atoms with Gasteiger partial charge in [-0.15, -0.1) is 0 Å². The van der Waals surface area contributed by atoms with Crippen LogP contribution in [0.1, 0.15) is 35.4 Å². The molecule has 0 saturated heterocycles. The van der Waals surface area contributed by atoms with Crippen molar-refractivity contribution in [3.05, 3.63) is 69.4 Å². The van der Waals surface area contributed by atoms with E-state index in [4.69, 9.17) is 0 Å². The van der Waals surface area contributed by atoms with Crippen LogP contribution in [-0.4, -0.2) is 11.2 Å². The summed E-state index contributed by atoms with van der Waals surface area (Å²) in [6.07, 6.45) is 3.17. The van der Waals surface area contributed by atoms with E-state index >= 15 is 0 Å². The molecular formula is C18H18BrFO. The number of fused-ring (bicyclic) bond motifs is 1. The summed E-state index contributed by atoms with van der Waals surface area (Å²) in [5.41, 5.74) is 3.42. The second-order valence-corrected chi connectivity index (χ2v) is 6.56. The molecule has 0 aliphatic heterocycles. The molecule has 0 amide bonds. The van der Waals surface area contributed by atoms with Crippen molar-refractivity contribution in [1.82, 2.24) is 0 Å². The number of halogens is 2. The van der Waals surface area contributed by atoms with Crippen molar-refractivity contribution in [2.24, 2.45) is 0 Å². The van der Waals surface area contributed by atoms with E-state index in [0.29, 0.717) is 6.42 Å². The number of aryl methyl sites for hydroxylation is 1. The fraction of sp³-hybridized carbons (Fsp3) is 0.333. The second-order valence-electron chi connectivity index (χ2n) is 5.70. The van der Waals surface area contributed by atoms with Crippen LogP contribution in [0, 0.1) is 5.82 Å². The summed E-state index contributed by atoms with van der Waals surface area (Å²) >= 11 is 3.44. The van der Waals surface area contributed by atoms with Gasteiger partial charge in [0.1, 0.15) is 5.82 Å². The Balaban J connectivity index is 1.83. The van der Waals surface area contributed by atoms with Crippen LogP contribution in [0.15, 0.2) is 46.9 Å². The highest BCUT2D eigenvalue weighted by Crippen LogP contribution is 2.35. The Morgan fingerprint density at radius 3 is 2.90 bits per heavy atom. The van der Waals surface area contributed by atoms with Gasteiger partial charge in [0.15, 0.2) is 0 Å². The molecule has 110 valence electrons. The maximum atomic E-state index is 13.4. The van der Waals surface area contributed by atoms with Gasteiger partial charge < -0.3 is 5.11 Å². The van der Waals surface area contributed by atoms with Gasteiger partial charge in [-0.1, -0.05) is 40.2 Å². The van der Waals surface area contributed by atoms with Gasteiger partial charge in [-0.2, -0.15) is 0 Å². The van der Waals surface area contributed by atoms with Crippen molar-refractivity contribution in [3.63, 3.8) is 0 Å². The summed E-state index contributed by atoms with van der Waals surface area (Å²) in [7, 11) is 0. The molecule has 0 spiro atoms. The van der Waals surface area contributed by atoms with Gasteiger partial charge in [0.05, 0.1) is 6.10 Å². The molecule has 2 aromatic carbocycles. The summed E-state index contributed by atoms with van der Waals surface area (Å²) in [6, 6.07) is 13.0. The van der Waals surface area contributed by atoms with E-state index in [1.165, 1.54) is 23.3 Å². The molecule has 0 radical (unpaired) electrons. The third kappa shape index (κ3) is 3.19. The van der Waals surface area contributed by atoms with Crippen LogP contribution in [0.2, 0.25) is 0 Å². The van der Waals surface area contributed by atoms with Crippen LogP contribution in [0.5, 0.6) is 0 Å². The van der Waals surface area contributed by atoms with E-state index in [9.17, 15) is 9.50 Å². The molecule has 3 rings (SSSR count). The van der Waals surface area contributed by atoms with Gasteiger partial charge in [-0.3, -0.25) is 0 Å². The number of aliphatic hydroxyl groups excluding tert-OH is 1. The average Bonchev–Trinajstić information content (AvgIpc) is 2.50.